The number of nitrogens with one attached hydrogen (secondary N) is 2. The van der Waals surface area contributed by atoms with Gasteiger partial charge in [0.1, 0.15) is 5.82 Å². The summed E-state index contributed by atoms with van der Waals surface area (Å²) in [4.78, 5) is 32.0. The first-order chi connectivity index (χ1) is 8.56. The van der Waals surface area contributed by atoms with E-state index in [-0.39, 0.29) is 18.4 Å². The Hall–Kier alpha value is -2.44. The van der Waals surface area contributed by atoms with Gasteiger partial charge in [-0.15, -0.1) is 0 Å². The number of aryl methyl sites for hydroxylation is 1. The van der Waals surface area contributed by atoms with E-state index in [1.54, 1.807) is 19.2 Å². The maximum atomic E-state index is 11.6. The van der Waals surface area contributed by atoms with Crippen LogP contribution in [0.3, 0.4) is 0 Å². The van der Waals surface area contributed by atoms with Crippen molar-refractivity contribution in [3.05, 3.63) is 23.9 Å². The minimum atomic E-state index is -0.572. The molecule has 1 fully saturated rings. The van der Waals surface area contributed by atoms with Gasteiger partial charge >= 0.3 is 6.03 Å². The quantitative estimate of drug-likeness (QED) is 0.749. The lowest BCUT2D eigenvalue weighted by Gasteiger charge is -2.07. The zero-order valence-electron chi connectivity index (χ0n) is 10.1. The highest BCUT2D eigenvalue weighted by molar-refractivity contribution is 6.08. The monoisotopic (exact) mass is 247 g/mol. The van der Waals surface area contributed by atoms with E-state index in [9.17, 15) is 9.59 Å². The molecular weight excluding hydrogens is 234 g/mol. The summed E-state index contributed by atoms with van der Waals surface area (Å²) in [7, 11) is 1.55. The first-order valence-corrected chi connectivity index (χ1v) is 5.40. The maximum Gasteiger partial charge on any atom is 0.349 e. The van der Waals surface area contributed by atoms with Crippen molar-refractivity contribution in [3.63, 3.8) is 0 Å². The molecule has 0 saturated carbocycles. The minimum absolute atomic E-state index is 0.129. The molecule has 1 aromatic heterocycles. The Labute approximate surface area is 104 Å². The number of nitrogens with zero attached hydrogens (tertiary/aromatic N) is 3. The van der Waals surface area contributed by atoms with Crippen molar-refractivity contribution in [1.82, 2.24) is 15.2 Å². The SMILES string of the molecule is Cc1cccc(NC(=O)N=C2NCC(=O)N2C)n1. The fraction of sp³-hybridized carbons (Fsp3) is 0.273. The van der Waals surface area contributed by atoms with Gasteiger partial charge in [-0.2, -0.15) is 4.99 Å². The number of aromatic nitrogens is 1. The van der Waals surface area contributed by atoms with E-state index in [1.807, 2.05) is 13.0 Å². The molecule has 3 amide bonds. The molecule has 0 atom stereocenters. The van der Waals surface area contributed by atoms with Gasteiger partial charge in [0.15, 0.2) is 0 Å². The van der Waals surface area contributed by atoms with Gasteiger partial charge < -0.3 is 5.32 Å². The molecule has 0 bridgehead atoms. The Bertz CT molecular complexity index is 526. The summed E-state index contributed by atoms with van der Waals surface area (Å²) in [5.74, 6) is 0.539. The van der Waals surface area contributed by atoms with Gasteiger partial charge in [0.2, 0.25) is 11.9 Å². The highest BCUT2D eigenvalue weighted by atomic mass is 16.2. The molecule has 1 saturated heterocycles. The predicted molar refractivity (Wildman–Crippen MR) is 66.2 cm³/mol. The third-order valence-corrected chi connectivity index (χ3v) is 2.42. The van der Waals surface area contributed by atoms with Crippen LogP contribution >= 0.6 is 0 Å². The van der Waals surface area contributed by atoms with E-state index < -0.39 is 6.03 Å². The van der Waals surface area contributed by atoms with Crippen molar-refractivity contribution in [2.45, 2.75) is 6.92 Å². The standard InChI is InChI=1S/C11H13N5O2/c1-7-4-3-5-8(13-7)14-11(18)15-10-12-6-9(17)16(10)2/h3-5H,6H2,1-2H3,(H2,12,13,14,15,18). The highest BCUT2D eigenvalue weighted by Crippen LogP contribution is 2.04. The van der Waals surface area contributed by atoms with E-state index in [4.69, 9.17) is 0 Å². The maximum absolute atomic E-state index is 11.6. The van der Waals surface area contributed by atoms with E-state index in [0.29, 0.717) is 5.82 Å². The second-order valence-electron chi connectivity index (χ2n) is 3.84. The van der Waals surface area contributed by atoms with Crippen LogP contribution in [-0.2, 0) is 4.79 Å². The Morgan fingerprint density at radius 1 is 1.56 bits per heavy atom. The fourth-order valence-electron chi connectivity index (χ4n) is 1.47. The first kappa shape index (κ1) is 12.0. The molecule has 1 aliphatic heterocycles. The van der Waals surface area contributed by atoms with Gasteiger partial charge in [0, 0.05) is 12.7 Å². The molecule has 18 heavy (non-hydrogen) atoms. The number of rotatable bonds is 1. The third kappa shape index (κ3) is 2.62. The van der Waals surface area contributed by atoms with Gasteiger partial charge in [-0.25, -0.2) is 9.78 Å². The second kappa shape index (κ2) is 4.82. The molecule has 2 rings (SSSR count). The van der Waals surface area contributed by atoms with Crippen LogP contribution in [0.4, 0.5) is 10.6 Å². The first-order valence-electron chi connectivity index (χ1n) is 5.40. The summed E-state index contributed by atoms with van der Waals surface area (Å²) >= 11 is 0. The van der Waals surface area contributed by atoms with Crippen LogP contribution in [0.2, 0.25) is 0 Å². The number of carbonyl (C=O) groups excluding carboxylic acids is 2. The molecule has 0 aliphatic carbocycles. The molecule has 7 heteroatoms. The van der Waals surface area contributed by atoms with E-state index in [1.165, 1.54) is 4.90 Å². The minimum Gasteiger partial charge on any atom is -0.346 e. The molecule has 0 unspecified atom stereocenters. The predicted octanol–water partition coefficient (Wildman–Crippen LogP) is 0.340. The van der Waals surface area contributed by atoms with Gasteiger partial charge in [-0.05, 0) is 19.1 Å². The van der Waals surface area contributed by atoms with Crippen LogP contribution in [0.1, 0.15) is 5.69 Å². The van der Waals surface area contributed by atoms with Crippen LogP contribution in [0.15, 0.2) is 23.2 Å². The van der Waals surface area contributed by atoms with Crippen molar-refractivity contribution in [1.29, 1.82) is 0 Å². The van der Waals surface area contributed by atoms with E-state index in [0.717, 1.165) is 5.69 Å². The Balaban J connectivity index is 2.05. The number of hydrogen-bond donors (Lipinski definition) is 2. The van der Waals surface area contributed by atoms with Gasteiger partial charge in [-0.3, -0.25) is 15.0 Å². The van der Waals surface area contributed by atoms with Gasteiger partial charge in [0.05, 0.1) is 6.54 Å². The van der Waals surface area contributed by atoms with E-state index in [2.05, 4.69) is 20.6 Å². The van der Waals surface area contributed by atoms with Crippen molar-refractivity contribution in [2.75, 3.05) is 18.9 Å². The highest BCUT2D eigenvalue weighted by Gasteiger charge is 2.23. The van der Waals surface area contributed by atoms with Crippen molar-refractivity contribution < 1.29 is 9.59 Å². The number of anilines is 1. The molecule has 0 aromatic carbocycles. The van der Waals surface area contributed by atoms with Gasteiger partial charge in [0.25, 0.3) is 0 Å². The summed E-state index contributed by atoms with van der Waals surface area (Å²) in [5, 5.41) is 5.26. The summed E-state index contributed by atoms with van der Waals surface area (Å²) in [6.45, 7) is 1.98. The van der Waals surface area contributed by atoms with Crippen LogP contribution < -0.4 is 10.6 Å². The van der Waals surface area contributed by atoms with Gasteiger partial charge in [-0.1, -0.05) is 6.07 Å². The Morgan fingerprint density at radius 2 is 2.33 bits per heavy atom. The normalized spacial score (nSPS) is 16.9. The second-order valence-corrected chi connectivity index (χ2v) is 3.84. The van der Waals surface area contributed by atoms with Crippen LogP contribution in [0, 0.1) is 6.92 Å². The number of pyridine rings is 1. The van der Waals surface area contributed by atoms with Crippen molar-refractivity contribution in [3.8, 4) is 0 Å². The summed E-state index contributed by atoms with van der Waals surface area (Å²) in [5.41, 5.74) is 0.798. The topological polar surface area (TPSA) is 86.7 Å². The zero-order valence-corrected chi connectivity index (χ0v) is 10.1. The van der Waals surface area contributed by atoms with Crippen molar-refractivity contribution in [2.24, 2.45) is 4.99 Å². The molecule has 0 radical (unpaired) electrons. The number of amides is 3. The number of aliphatic imine (C=N–C) groups is 1. The number of urea groups is 1. The fourth-order valence-corrected chi connectivity index (χ4v) is 1.47. The van der Waals surface area contributed by atoms with E-state index >= 15 is 0 Å². The molecular formula is C11H13N5O2. The van der Waals surface area contributed by atoms with Crippen molar-refractivity contribution >= 4 is 23.7 Å². The summed E-state index contributed by atoms with van der Waals surface area (Å²) in [6, 6.07) is 4.71. The number of guanidine groups is 1. The molecule has 2 N–H and O–H groups in total. The van der Waals surface area contributed by atoms with Crippen LogP contribution in [-0.4, -0.2) is 41.4 Å². The van der Waals surface area contributed by atoms with Crippen LogP contribution in [0.5, 0.6) is 0 Å². The third-order valence-electron chi connectivity index (χ3n) is 2.42. The molecule has 94 valence electrons. The molecule has 7 nitrogen and oxygen atoms in total. The largest absolute Gasteiger partial charge is 0.349 e. The zero-order chi connectivity index (χ0) is 13.1. The molecule has 2 heterocycles. The Kier molecular flexibility index (Phi) is 3.22. The molecule has 0 spiro atoms. The lowest BCUT2D eigenvalue weighted by atomic mass is 10.4. The summed E-state index contributed by atoms with van der Waals surface area (Å²) in [6.07, 6.45) is 0. The average molecular weight is 247 g/mol. The summed E-state index contributed by atoms with van der Waals surface area (Å²) < 4.78 is 0. The Morgan fingerprint density at radius 3 is 2.94 bits per heavy atom. The van der Waals surface area contributed by atoms with Crippen LogP contribution in [0.25, 0.3) is 0 Å². The molecule has 1 aliphatic rings. The lowest BCUT2D eigenvalue weighted by molar-refractivity contribution is -0.123. The number of likely N-dealkylation sites (N-methyl/N-ethyl adjacent to an activating group) is 1. The number of carbonyl (C=O) groups is 2. The smallest absolute Gasteiger partial charge is 0.346 e. The number of hydrogen-bond acceptors (Lipinski definition) is 3. The molecule has 1 aromatic rings. The average Bonchev–Trinajstić information content (AvgIpc) is 2.61. The lowest BCUT2D eigenvalue weighted by Crippen LogP contribution is -2.30.